The standard InChI is InChI=1S/C20H31ClN4O2/c1-5-24(6-2)19(26)14-23-9-11-25(12-10-23)16(4)20(27)22-18-13-17(21)8-7-15(18)3/h7-8,13,16H,5-6,9-12,14H2,1-4H3,(H,22,27). The molecular formula is C20H31ClN4O2. The molecule has 1 saturated heterocycles. The van der Waals surface area contributed by atoms with Crippen LogP contribution in [0, 0.1) is 6.92 Å². The molecule has 0 bridgehead atoms. The molecule has 7 heteroatoms. The lowest BCUT2D eigenvalue weighted by molar-refractivity contribution is -0.133. The fourth-order valence-electron chi connectivity index (χ4n) is 3.31. The van der Waals surface area contributed by atoms with Crippen LogP contribution in [0.1, 0.15) is 26.3 Å². The van der Waals surface area contributed by atoms with Crippen LogP contribution in [-0.4, -0.2) is 78.4 Å². The second-order valence-corrected chi connectivity index (χ2v) is 7.44. The van der Waals surface area contributed by atoms with Crippen LogP contribution in [0.4, 0.5) is 5.69 Å². The third-order valence-corrected chi connectivity index (χ3v) is 5.50. The Balaban J connectivity index is 1.85. The van der Waals surface area contributed by atoms with Crippen LogP contribution in [0.3, 0.4) is 0 Å². The maximum absolute atomic E-state index is 12.6. The summed E-state index contributed by atoms with van der Waals surface area (Å²) in [6, 6.07) is 5.25. The Kier molecular flexibility index (Phi) is 8.07. The van der Waals surface area contributed by atoms with E-state index in [-0.39, 0.29) is 17.9 Å². The summed E-state index contributed by atoms with van der Waals surface area (Å²) in [7, 11) is 0. The number of hydrogen-bond acceptors (Lipinski definition) is 4. The highest BCUT2D eigenvalue weighted by Crippen LogP contribution is 2.21. The number of carbonyl (C=O) groups is 2. The van der Waals surface area contributed by atoms with Gasteiger partial charge in [-0.2, -0.15) is 0 Å². The number of carbonyl (C=O) groups excluding carboxylic acids is 2. The van der Waals surface area contributed by atoms with Crippen molar-refractivity contribution in [3.63, 3.8) is 0 Å². The highest BCUT2D eigenvalue weighted by atomic mass is 35.5. The minimum absolute atomic E-state index is 0.0342. The summed E-state index contributed by atoms with van der Waals surface area (Å²) >= 11 is 6.03. The van der Waals surface area contributed by atoms with Crippen LogP contribution in [0.5, 0.6) is 0 Å². The average Bonchev–Trinajstić information content (AvgIpc) is 2.65. The van der Waals surface area contributed by atoms with Gasteiger partial charge >= 0.3 is 0 Å². The summed E-state index contributed by atoms with van der Waals surface area (Å²) in [6.45, 7) is 12.9. The molecule has 1 heterocycles. The van der Waals surface area contributed by atoms with Gasteiger partial charge in [0.05, 0.1) is 12.6 Å². The van der Waals surface area contributed by atoms with E-state index in [0.717, 1.165) is 50.5 Å². The Morgan fingerprint density at radius 1 is 1.19 bits per heavy atom. The van der Waals surface area contributed by atoms with Gasteiger partial charge in [-0.3, -0.25) is 19.4 Å². The van der Waals surface area contributed by atoms with Crippen LogP contribution in [0.2, 0.25) is 5.02 Å². The van der Waals surface area contributed by atoms with Crippen molar-refractivity contribution < 1.29 is 9.59 Å². The Morgan fingerprint density at radius 2 is 1.81 bits per heavy atom. The van der Waals surface area contributed by atoms with Crippen molar-refractivity contribution in [2.24, 2.45) is 0 Å². The lowest BCUT2D eigenvalue weighted by atomic mass is 10.1. The second kappa shape index (κ2) is 10.1. The zero-order valence-corrected chi connectivity index (χ0v) is 17.6. The van der Waals surface area contributed by atoms with Crippen molar-refractivity contribution in [3.05, 3.63) is 28.8 Å². The number of likely N-dealkylation sites (N-methyl/N-ethyl adjacent to an activating group) is 1. The molecule has 0 aliphatic carbocycles. The van der Waals surface area contributed by atoms with Crippen molar-refractivity contribution >= 4 is 29.1 Å². The summed E-state index contributed by atoms with van der Waals surface area (Å²) in [4.78, 5) is 31.1. The Labute approximate surface area is 167 Å². The first-order valence-corrected chi connectivity index (χ1v) is 10.0. The smallest absolute Gasteiger partial charge is 0.241 e. The van der Waals surface area contributed by atoms with Crippen molar-refractivity contribution in [2.45, 2.75) is 33.7 Å². The minimum Gasteiger partial charge on any atom is -0.342 e. The maximum Gasteiger partial charge on any atom is 0.241 e. The molecule has 2 amide bonds. The van der Waals surface area contributed by atoms with Crippen LogP contribution in [0.25, 0.3) is 0 Å². The zero-order chi connectivity index (χ0) is 20.0. The lowest BCUT2D eigenvalue weighted by Crippen LogP contribution is -2.54. The monoisotopic (exact) mass is 394 g/mol. The third kappa shape index (κ3) is 5.92. The Hall–Kier alpha value is -1.63. The molecule has 6 nitrogen and oxygen atoms in total. The number of anilines is 1. The van der Waals surface area contributed by atoms with Crippen molar-refractivity contribution in [1.82, 2.24) is 14.7 Å². The van der Waals surface area contributed by atoms with Crippen molar-refractivity contribution in [2.75, 3.05) is 51.1 Å². The molecule has 0 radical (unpaired) electrons. The van der Waals surface area contributed by atoms with Gasteiger partial charge < -0.3 is 10.2 Å². The predicted molar refractivity (Wildman–Crippen MR) is 110 cm³/mol. The molecule has 1 atom stereocenters. The van der Waals surface area contributed by atoms with Gasteiger partial charge in [0.2, 0.25) is 11.8 Å². The fourth-order valence-corrected chi connectivity index (χ4v) is 3.48. The highest BCUT2D eigenvalue weighted by Gasteiger charge is 2.27. The number of amides is 2. The van der Waals surface area contributed by atoms with Gasteiger partial charge in [0.1, 0.15) is 0 Å². The van der Waals surface area contributed by atoms with E-state index >= 15 is 0 Å². The van der Waals surface area contributed by atoms with Gasteiger partial charge in [-0.25, -0.2) is 0 Å². The quantitative estimate of drug-likeness (QED) is 0.771. The molecule has 1 fully saturated rings. The molecule has 0 spiro atoms. The van der Waals surface area contributed by atoms with E-state index in [4.69, 9.17) is 11.6 Å². The van der Waals surface area contributed by atoms with Crippen molar-refractivity contribution in [1.29, 1.82) is 0 Å². The summed E-state index contributed by atoms with van der Waals surface area (Å²) in [5, 5.41) is 3.59. The normalized spacial score (nSPS) is 16.8. The Morgan fingerprint density at radius 3 is 2.41 bits per heavy atom. The molecule has 1 N–H and O–H groups in total. The van der Waals surface area contributed by atoms with E-state index < -0.39 is 0 Å². The van der Waals surface area contributed by atoms with Gasteiger partial charge in [-0.1, -0.05) is 17.7 Å². The van der Waals surface area contributed by atoms with E-state index in [2.05, 4.69) is 15.1 Å². The van der Waals surface area contributed by atoms with E-state index in [1.54, 1.807) is 6.07 Å². The van der Waals surface area contributed by atoms with E-state index in [1.165, 1.54) is 0 Å². The molecule has 1 aromatic rings. The van der Waals surface area contributed by atoms with Gasteiger partial charge in [-0.05, 0) is 45.4 Å². The first-order valence-electron chi connectivity index (χ1n) is 9.66. The number of halogens is 1. The molecule has 1 aliphatic rings. The van der Waals surface area contributed by atoms with Crippen LogP contribution in [-0.2, 0) is 9.59 Å². The molecular weight excluding hydrogens is 364 g/mol. The number of nitrogens with one attached hydrogen (secondary N) is 1. The van der Waals surface area contributed by atoms with Gasteiger partial charge in [0.15, 0.2) is 0 Å². The molecule has 1 unspecified atom stereocenters. The topological polar surface area (TPSA) is 55.9 Å². The van der Waals surface area contributed by atoms with Gasteiger partial charge in [0.25, 0.3) is 0 Å². The number of rotatable bonds is 7. The summed E-state index contributed by atoms with van der Waals surface area (Å²) < 4.78 is 0. The first kappa shape index (κ1) is 21.7. The minimum atomic E-state index is -0.232. The van der Waals surface area contributed by atoms with Crippen LogP contribution in [0.15, 0.2) is 18.2 Å². The van der Waals surface area contributed by atoms with Gasteiger partial charge in [0, 0.05) is 50.0 Å². The van der Waals surface area contributed by atoms with Crippen LogP contribution < -0.4 is 5.32 Å². The molecule has 27 heavy (non-hydrogen) atoms. The molecule has 150 valence electrons. The van der Waals surface area contributed by atoms with Crippen LogP contribution >= 0.6 is 11.6 Å². The van der Waals surface area contributed by atoms with E-state index in [1.807, 2.05) is 44.7 Å². The number of hydrogen-bond donors (Lipinski definition) is 1. The number of piperazine rings is 1. The molecule has 1 aromatic carbocycles. The maximum atomic E-state index is 12.6. The molecule has 0 saturated carbocycles. The van der Waals surface area contributed by atoms with E-state index in [9.17, 15) is 9.59 Å². The second-order valence-electron chi connectivity index (χ2n) is 7.00. The molecule has 2 rings (SSSR count). The first-order chi connectivity index (χ1) is 12.8. The zero-order valence-electron chi connectivity index (χ0n) is 16.8. The number of benzene rings is 1. The molecule has 0 aromatic heterocycles. The average molecular weight is 395 g/mol. The fraction of sp³-hybridized carbons (Fsp3) is 0.600. The number of nitrogens with zero attached hydrogens (tertiary/aromatic N) is 3. The largest absolute Gasteiger partial charge is 0.342 e. The SMILES string of the molecule is CCN(CC)C(=O)CN1CCN(C(C)C(=O)Nc2cc(Cl)ccc2C)CC1. The molecule has 1 aliphatic heterocycles. The highest BCUT2D eigenvalue weighted by molar-refractivity contribution is 6.31. The number of aryl methyl sites for hydroxylation is 1. The van der Waals surface area contributed by atoms with Crippen molar-refractivity contribution in [3.8, 4) is 0 Å². The lowest BCUT2D eigenvalue weighted by Gasteiger charge is -2.37. The third-order valence-electron chi connectivity index (χ3n) is 5.27. The summed E-state index contributed by atoms with van der Waals surface area (Å²) in [5.41, 5.74) is 1.74. The van der Waals surface area contributed by atoms with E-state index in [0.29, 0.717) is 11.6 Å². The summed E-state index contributed by atoms with van der Waals surface area (Å²) in [5.74, 6) is 0.142. The summed E-state index contributed by atoms with van der Waals surface area (Å²) in [6.07, 6.45) is 0. The Bertz CT molecular complexity index is 655. The predicted octanol–water partition coefficient (Wildman–Crippen LogP) is 2.46. The van der Waals surface area contributed by atoms with Gasteiger partial charge in [-0.15, -0.1) is 0 Å².